The molecule has 0 aromatic heterocycles. The molecule has 0 saturated carbocycles. The first-order valence-corrected chi connectivity index (χ1v) is 30.0. The molecule has 0 aromatic rings. The Balaban J connectivity index is 3.63. The zero-order valence-corrected chi connectivity index (χ0v) is 47.5. The van der Waals surface area contributed by atoms with Crippen LogP contribution in [0, 0.1) is 0 Å². The van der Waals surface area contributed by atoms with Gasteiger partial charge in [-0.3, -0.25) is 9.59 Å². The van der Waals surface area contributed by atoms with Crippen LogP contribution in [0.25, 0.3) is 0 Å². The van der Waals surface area contributed by atoms with E-state index in [-0.39, 0.29) is 25.2 Å². The van der Waals surface area contributed by atoms with Gasteiger partial charge in [0.25, 0.3) is 0 Å². The van der Waals surface area contributed by atoms with Crippen molar-refractivity contribution in [2.75, 3.05) is 13.2 Å². The van der Waals surface area contributed by atoms with Crippen molar-refractivity contribution in [1.29, 1.82) is 0 Å². The van der Waals surface area contributed by atoms with Crippen molar-refractivity contribution in [2.24, 2.45) is 0 Å². The van der Waals surface area contributed by atoms with Gasteiger partial charge in [-0.25, -0.2) is 0 Å². The van der Waals surface area contributed by atoms with E-state index in [1.807, 2.05) is 0 Å². The Labute approximate surface area is 456 Å². The molecule has 0 aliphatic carbocycles. The van der Waals surface area contributed by atoms with Gasteiger partial charge in [0.2, 0.25) is 0 Å². The number of carbonyl (C=O) groups is 2. The van der Waals surface area contributed by atoms with Crippen LogP contribution in [0.3, 0.4) is 0 Å². The quantitative estimate of drug-likeness (QED) is 0.0373. The van der Waals surface area contributed by atoms with Crippen molar-refractivity contribution >= 4 is 11.9 Å². The minimum absolute atomic E-state index is 0.0810. The van der Waals surface area contributed by atoms with Crippen LogP contribution >= 0.6 is 0 Å². The Morgan fingerprint density at radius 1 is 0.324 bits per heavy atom. The van der Waals surface area contributed by atoms with E-state index in [0.29, 0.717) is 12.8 Å². The molecule has 1 unspecified atom stereocenters. The van der Waals surface area contributed by atoms with Crippen LogP contribution < -0.4 is 0 Å². The summed E-state index contributed by atoms with van der Waals surface area (Å²) in [5.41, 5.74) is 0. The Hall–Kier alpha value is -4.48. The summed E-state index contributed by atoms with van der Waals surface area (Å²) in [5.74, 6) is -0.616. The second-order valence-corrected chi connectivity index (χ2v) is 19.3. The first-order valence-electron chi connectivity index (χ1n) is 30.0. The monoisotopic (exact) mass is 1020 g/mol. The number of esters is 2. The van der Waals surface area contributed by atoms with E-state index < -0.39 is 6.10 Å². The van der Waals surface area contributed by atoms with Crippen LogP contribution in [-0.2, 0) is 19.1 Å². The molecule has 0 aliphatic heterocycles. The minimum atomic E-state index is -0.791. The zero-order chi connectivity index (χ0) is 53.4. The molecule has 74 heavy (non-hydrogen) atoms. The fourth-order valence-corrected chi connectivity index (χ4v) is 7.82. The Bertz CT molecular complexity index is 1620. The first-order chi connectivity index (χ1) is 36.6. The molecule has 0 amide bonds. The third-order valence-corrected chi connectivity index (χ3v) is 12.3. The third-order valence-electron chi connectivity index (χ3n) is 12.3. The van der Waals surface area contributed by atoms with E-state index in [2.05, 4.69) is 172 Å². The number of ether oxygens (including phenoxy) is 2. The van der Waals surface area contributed by atoms with Crippen molar-refractivity contribution in [2.45, 2.75) is 251 Å². The van der Waals surface area contributed by atoms with Crippen molar-refractivity contribution in [3.63, 3.8) is 0 Å². The number of hydrogen-bond acceptors (Lipinski definition) is 5. The summed E-state index contributed by atoms with van der Waals surface area (Å²) >= 11 is 0. The van der Waals surface area contributed by atoms with Gasteiger partial charge in [0.15, 0.2) is 6.10 Å². The maximum atomic E-state index is 12.3. The van der Waals surface area contributed by atoms with Crippen LogP contribution in [0.2, 0.25) is 0 Å². The van der Waals surface area contributed by atoms with Crippen molar-refractivity contribution in [3.8, 4) is 0 Å². The first kappa shape index (κ1) is 69.5. The lowest BCUT2D eigenvalue weighted by Crippen LogP contribution is -2.28. The van der Waals surface area contributed by atoms with Crippen LogP contribution in [0.4, 0.5) is 0 Å². The van der Waals surface area contributed by atoms with Crippen molar-refractivity contribution in [1.82, 2.24) is 0 Å². The minimum Gasteiger partial charge on any atom is -0.462 e. The highest BCUT2D eigenvalue weighted by atomic mass is 16.6. The summed E-state index contributed by atoms with van der Waals surface area (Å²) in [7, 11) is 0. The van der Waals surface area contributed by atoms with E-state index in [1.165, 1.54) is 96.3 Å². The van der Waals surface area contributed by atoms with Gasteiger partial charge >= 0.3 is 11.9 Å². The molecular weight excluding hydrogens is 909 g/mol. The average molecular weight is 1020 g/mol. The van der Waals surface area contributed by atoms with Crippen LogP contribution in [-0.4, -0.2) is 36.4 Å². The van der Waals surface area contributed by atoms with E-state index in [4.69, 9.17) is 9.47 Å². The number of rotatable bonds is 53. The Morgan fingerprint density at radius 2 is 0.581 bits per heavy atom. The van der Waals surface area contributed by atoms with Gasteiger partial charge in [0.05, 0.1) is 6.61 Å². The molecule has 1 N–H and O–H groups in total. The highest BCUT2D eigenvalue weighted by Gasteiger charge is 2.16. The molecule has 0 fully saturated rings. The molecule has 5 nitrogen and oxygen atoms in total. The van der Waals surface area contributed by atoms with Gasteiger partial charge < -0.3 is 14.6 Å². The van der Waals surface area contributed by atoms with E-state index >= 15 is 0 Å². The molecule has 416 valence electrons. The lowest BCUT2D eigenvalue weighted by molar-refractivity contribution is -0.161. The fraction of sp³-hybridized carbons (Fsp3) is 0.594. The molecule has 0 bridgehead atoms. The molecule has 0 saturated heterocycles. The molecule has 0 heterocycles. The van der Waals surface area contributed by atoms with Gasteiger partial charge in [-0.2, -0.15) is 0 Å². The number of allylic oxidation sites excluding steroid dienone is 26. The average Bonchev–Trinajstić information content (AvgIpc) is 3.40. The maximum Gasteiger partial charge on any atom is 0.306 e. The predicted molar refractivity (Wildman–Crippen MR) is 324 cm³/mol. The summed E-state index contributed by atoms with van der Waals surface area (Å²) in [6, 6.07) is 0. The summed E-state index contributed by atoms with van der Waals surface area (Å²) < 4.78 is 10.7. The second kappa shape index (κ2) is 62.8. The molecule has 0 aromatic carbocycles. The number of aliphatic hydroxyl groups excluding tert-OH is 1. The van der Waals surface area contributed by atoms with E-state index in [1.54, 1.807) is 0 Å². The SMILES string of the molecule is CC/C=C\C/C=C\C/C=C\C/C=C\C/C=C\C/C=C\C/C=C\C/C=C\C/C=C\C/C=C\C/C=C\CCCCCCCCCC(=O)OC(CO)COC(=O)CCCCCCCCCCC/C=C\C/C=C\CCCCC. The lowest BCUT2D eigenvalue weighted by atomic mass is 10.1. The van der Waals surface area contributed by atoms with Crippen LogP contribution in [0.15, 0.2) is 158 Å². The highest BCUT2D eigenvalue weighted by Crippen LogP contribution is 2.14. The van der Waals surface area contributed by atoms with Gasteiger partial charge in [-0.1, -0.05) is 262 Å². The topological polar surface area (TPSA) is 72.8 Å². The Kier molecular flexibility index (Phi) is 59.0. The van der Waals surface area contributed by atoms with Gasteiger partial charge in [0.1, 0.15) is 6.61 Å². The zero-order valence-electron chi connectivity index (χ0n) is 47.5. The smallest absolute Gasteiger partial charge is 0.306 e. The molecule has 0 rings (SSSR count). The normalized spacial score (nSPS) is 13.4. The van der Waals surface area contributed by atoms with Gasteiger partial charge in [-0.15, -0.1) is 0 Å². The lowest BCUT2D eigenvalue weighted by Gasteiger charge is -2.15. The largest absolute Gasteiger partial charge is 0.462 e. The predicted octanol–water partition coefficient (Wildman–Crippen LogP) is 20.7. The molecule has 5 heteroatoms. The van der Waals surface area contributed by atoms with E-state index in [0.717, 1.165) is 122 Å². The Morgan fingerprint density at radius 3 is 0.878 bits per heavy atom. The van der Waals surface area contributed by atoms with Crippen LogP contribution in [0.1, 0.15) is 245 Å². The summed E-state index contributed by atoms with van der Waals surface area (Å²) in [4.78, 5) is 24.5. The fourth-order valence-electron chi connectivity index (χ4n) is 7.82. The second-order valence-electron chi connectivity index (χ2n) is 19.3. The van der Waals surface area contributed by atoms with Crippen molar-refractivity contribution < 1.29 is 24.2 Å². The summed E-state index contributed by atoms with van der Waals surface area (Å²) in [5, 5.41) is 9.65. The summed E-state index contributed by atoms with van der Waals surface area (Å²) in [6.07, 6.45) is 96.4. The molecule has 0 spiro atoms. The highest BCUT2D eigenvalue weighted by molar-refractivity contribution is 5.70. The maximum absolute atomic E-state index is 12.3. The van der Waals surface area contributed by atoms with Gasteiger partial charge in [-0.05, 0) is 128 Å². The molecule has 0 aliphatic rings. The molecule has 1 atom stereocenters. The summed E-state index contributed by atoms with van der Waals surface area (Å²) in [6.45, 7) is 3.99. The molecular formula is C69H110O5. The standard InChI is InChI=1S/C69H110O5/c1-3-5-7-9-11-13-15-17-19-21-23-24-25-26-27-28-29-30-31-32-33-34-35-36-37-38-39-40-41-42-43-44-46-48-50-52-54-56-58-60-62-64-69(72)74-67(65-70)66-73-68(71)63-61-59-57-55-53-51-49-47-45-22-20-18-16-14-12-10-8-6-4-2/h5,7,11-14,17-20,23-24,26-27,29-30,32-33,35-36,38-39,41-42,44,46,67,70H,3-4,6,8-10,15-16,21-22,25,28,31,34,37,40,43,45,47-66H2,1-2H3/b7-5-,13-11-,14-12-,19-17-,20-18-,24-23-,27-26-,30-29-,33-32-,36-35-,39-38-,42-41-,46-44-. The van der Waals surface area contributed by atoms with Gasteiger partial charge in [0, 0.05) is 12.8 Å². The third kappa shape index (κ3) is 60.1. The number of aliphatic hydroxyl groups is 1. The number of carbonyl (C=O) groups excluding carboxylic acids is 2. The van der Waals surface area contributed by atoms with Crippen LogP contribution in [0.5, 0.6) is 0 Å². The number of hydrogen-bond donors (Lipinski definition) is 1. The molecule has 0 radical (unpaired) electrons. The van der Waals surface area contributed by atoms with E-state index in [9.17, 15) is 14.7 Å². The number of unbranched alkanes of at least 4 members (excludes halogenated alkanes) is 19. The van der Waals surface area contributed by atoms with Crippen molar-refractivity contribution in [3.05, 3.63) is 158 Å².